The summed E-state index contributed by atoms with van der Waals surface area (Å²) < 4.78 is 2.81. The monoisotopic (exact) mass is 456 g/mol. The van der Waals surface area contributed by atoms with Crippen LogP contribution in [0.25, 0.3) is 11.0 Å². The maximum Gasteiger partial charge on any atom is 0.251 e. The predicted molar refractivity (Wildman–Crippen MR) is 118 cm³/mol. The van der Waals surface area contributed by atoms with Crippen LogP contribution >= 0.6 is 15.9 Å². The number of unbranched alkanes of at least 4 members (excludes halogenated alkanes) is 1. The molecule has 0 saturated carbocycles. The van der Waals surface area contributed by atoms with Gasteiger partial charge in [0.1, 0.15) is 12.4 Å². The average molecular weight is 457 g/mol. The molecule has 0 aliphatic carbocycles. The minimum Gasteiger partial charge on any atom is -0.345 e. The van der Waals surface area contributed by atoms with Gasteiger partial charge < -0.3 is 14.8 Å². The predicted octanol–water partition coefficient (Wildman–Crippen LogP) is 3.99. The fraction of sp³-hybridized carbons (Fsp3) is 0.318. The largest absolute Gasteiger partial charge is 0.345 e. The van der Waals surface area contributed by atoms with Crippen LogP contribution in [-0.4, -0.2) is 39.9 Å². The number of aromatic nitrogens is 2. The first-order valence-electron chi connectivity index (χ1n) is 9.71. The SMILES string of the molecule is CCCCN(C)C(=O)Cn1c(CNC(=O)c2ccc(Br)cc2)nc2ccccc21. The number of likely N-dealkylation sites (N-methyl/N-ethyl adjacent to an activating group) is 1. The number of nitrogens with one attached hydrogen (secondary N) is 1. The van der Waals surface area contributed by atoms with E-state index >= 15 is 0 Å². The minimum atomic E-state index is -0.178. The van der Waals surface area contributed by atoms with E-state index in [1.54, 1.807) is 17.0 Å². The second-order valence-corrected chi connectivity index (χ2v) is 7.88. The minimum absolute atomic E-state index is 0.0297. The van der Waals surface area contributed by atoms with E-state index in [1.807, 2.05) is 48.0 Å². The summed E-state index contributed by atoms with van der Waals surface area (Å²) in [7, 11) is 1.83. The van der Waals surface area contributed by atoms with Gasteiger partial charge in [0.25, 0.3) is 5.91 Å². The smallest absolute Gasteiger partial charge is 0.251 e. The number of hydrogen-bond acceptors (Lipinski definition) is 3. The molecule has 0 fully saturated rings. The third kappa shape index (κ3) is 5.23. The first-order valence-corrected chi connectivity index (χ1v) is 10.5. The maximum absolute atomic E-state index is 12.7. The second-order valence-electron chi connectivity index (χ2n) is 6.96. The molecule has 3 rings (SSSR count). The number of amides is 2. The third-order valence-electron chi connectivity index (χ3n) is 4.81. The Bertz CT molecular complexity index is 998. The number of benzene rings is 2. The normalized spacial score (nSPS) is 10.9. The molecule has 0 saturated heterocycles. The van der Waals surface area contributed by atoms with Gasteiger partial charge in [-0.1, -0.05) is 41.4 Å². The molecule has 1 aromatic heterocycles. The molecule has 3 aromatic rings. The van der Waals surface area contributed by atoms with E-state index in [9.17, 15) is 9.59 Å². The first-order chi connectivity index (χ1) is 14.0. The Hall–Kier alpha value is -2.67. The Morgan fingerprint density at radius 2 is 1.86 bits per heavy atom. The molecule has 1 heterocycles. The zero-order valence-electron chi connectivity index (χ0n) is 16.7. The summed E-state index contributed by atoms with van der Waals surface area (Å²) in [5.41, 5.74) is 2.27. The summed E-state index contributed by atoms with van der Waals surface area (Å²) in [6.45, 7) is 3.28. The number of hydrogen-bond donors (Lipinski definition) is 1. The fourth-order valence-corrected chi connectivity index (χ4v) is 3.34. The molecule has 7 heteroatoms. The lowest BCUT2D eigenvalue weighted by Crippen LogP contribution is -2.32. The molecule has 0 aliphatic heterocycles. The summed E-state index contributed by atoms with van der Waals surface area (Å²) in [4.78, 5) is 31.5. The molecule has 0 atom stereocenters. The maximum atomic E-state index is 12.7. The van der Waals surface area contributed by atoms with Crippen molar-refractivity contribution in [1.82, 2.24) is 19.8 Å². The molecule has 0 aliphatic rings. The number of fused-ring (bicyclic) bond motifs is 1. The van der Waals surface area contributed by atoms with Crippen molar-refractivity contribution >= 4 is 38.8 Å². The highest BCUT2D eigenvalue weighted by Gasteiger charge is 2.17. The van der Waals surface area contributed by atoms with Crippen LogP contribution in [0, 0.1) is 0 Å². The molecule has 2 amide bonds. The Morgan fingerprint density at radius 3 is 2.59 bits per heavy atom. The van der Waals surface area contributed by atoms with Crippen molar-refractivity contribution in [2.45, 2.75) is 32.9 Å². The molecule has 0 radical (unpaired) electrons. The number of imidazole rings is 1. The highest BCUT2D eigenvalue weighted by Crippen LogP contribution is 2.17. The lowest BCUT2D eigenvalue weighted by atomic mass is 10.2. The van der Waals surface area contributed by atoms with Gasteiger partial charge in [0, 0.05) is 23.6 Å². The zero-order valence-corrected chi connectivity index (χ0v) is 18.3. The van der Waals surface area contributed by atoms with Crippen molar-refractivity contribution < 1.29 is 9.59 Å². The van der Waals surface area contributed by atoms with Gasteiger partial charge in [-0.05, 0) is 42.8 Å². The van der Waals surface area contributed by atoms with Gasteiger partial charge in [0.2, 0.25) is 5.91 Å². The van der Waals surface area contributed by atoms with Crippen LogP contribution in [0.3, 0.4) is 0 Å². The van der Waals surface area contributed by atoms with Gasteiger partial charge in [-0.3, -0.25) is 9.59 Å². The van der Waals surface area contributed by atoms with E-state index < -0.39 is 0 Å². The van der Waals surface area contributed by atoms with Crippen LogP contribution in [0.1, 0.15) is 35.9 Å². The van der Waals surface area contributed by atoms with Gasteiger partial charge in [0.15, 0.2) is 0 Å². The first kappa shape index (κ1) is 21.0. The van der Waals surface area contributed by atoms with Gasteiger partial charge in [-0.25, -0.2) is 4.98 Å². The molecule has 29 heavy (non-hydrogen) atoms. The standard InChI is InChI=1S/C22H25BrN4O2/c1-3-4-13-26(2)21(28)15-27-19-8-6-5-7-18(19)25-20(27)14-24-22(29)16-9-11-17(23)12-10-16/h5-12H,3-4,13-15H2,1-2H3,(H,24,29). The summed E-state index contributed by atoms with van der Waals surface area (Å²) in [5, 5.41) is 2.91. The van der Waals surface area contributed by atoms with Crippen LogP contribution in [0.5, 0.6) is 0 Å². The van der Waals surface area contributed by atoms with Gasteiger partial charge in [0.05, 0.1) is 17.6 Å². The van der Waals surface area contributed by atoms with Crippen LogP contribution in [-0.2, 0) is 17.9 Å². The Balaban J connectivity index is 1.78. The highest BCUT2D eigenvalue weighted by atomic mass is 79.9. The molecule has 152 valence electrons. The number of carbonyl (C=O) groups is 2. The van der Waals surface area contributed by atoms with E-state index in [-0.39, 0.29) is 24.9 Å². The Morgan fingerprint density at radius 1 is 1.14 bits per heavy atom. The van der Waals surface area contributed by atoms with Crippen molar-refractivity contribution in [2.75, 3.05) is 13.6 Å². The van der Waals surface area contributed by atoms with Crippen molar-refractivity contribution in [2.24, 2.45) is 0 Å². The molecular formula is C22H25BrN4O2. The Labute approximate surface area is 179 Å². The molecule has 0 unspecified atom stereocenters. The van der Waals surface area contributed by atoms with Crippen molar-refractivity contribution in [3.05, 3.63) is 64.4 Å². The molecule has 6 nitrogen and oxygen atoms in total. The lowest BCUT2D eigenvalue weighted by molar-refractivity contribution is -0.130. The van der Waals surface area contributed by atoms with Gasteiger partial charge in [-0.15, -0.1) is 0 Å². The number of para-hydroxylation sites is 2. The topological polar surface area (TPSA) is 67.2 Å². The summed E-state index contributed by atoms with van der Waals surface area (Å²) >= 11 is 3.37. The van der Waals surface area contributed by atoms with Gasteiger partial charge >= 0.3 is 0 Å². The molecule has 1 N–H and O–H groups in total. The van der Waals surface area contributed by atoms with E-state index in [0.29, 0.717) is 11.4 Å². The molecule has 2 aromatic carbocycles. The summed E-state index contributed by atoms with van der Waals surface area (Å²) in [5.74, 6) is 0.512. The number of rotatable bonds is 8. The number of carbonyl (C=O) groups excluding carboxylic acids is 2. The number of nitrogens with zero attached hydrogens (tertiary/aromatic N) is 3. The van der Waals surface area contributed by atoms with Gasteiger partial charge in [-0.2, -0.15) is 0 Å². The third-order valence-corrected chi connectivity index (χ3v) is 5.34. The van der Waals surface area contributed by atoms with Crippen molar-refractivity contribution in [3.8, 4) is 0 Å². The van der Waals surface area contributed by atoms with Crippen LogP contribution in [0.2, 0.25) is 0 Å². The molecule has 0 bridgehead atoms. The van der Waals surface area contributed by atoms with Crippen LogP contribution in [0.4, 0.5) is 0 Å². The zero-order chi connectivity index (χ0) is 20.8. The Kier molecular flexibility index (Phi) is 7.04. The van der Waals surface area contributed by atoms with E-state index in [4.69, 9.17) is 0 Å². The van der Waals surface area contributed by atoms with E-state index in [0.717, 1.165) is 34.9 Å². The van der Waals surface area contributed by atoms with Crippen molar-refractivity contribution in [1.29, 1.82) is 0 Å². The fourth-order valence-electron chi connectivity index (χ4n) is 3.08. The summed E-state index contributed by atoms with van der Waals surface area (Å²) in [6, 6.07) is 14.9. The van der Waals surface area contributed by atoms with E-state index in [2.05, 4.69) is 33.2 Å². The van der Waals surface area contributed by atoms with E-state index in [1.165, 1.54) is 0 Å². The quantitative estimate of drug-likeness (QED) is 0.557. The lowest BCUT2D eigenvalue weighted by Gasteiger charge is -2.18. The molecule has 0 spiro atoms. The summed E-state index contributed by atoms with van der Waals surface area (Å²) in [6.07, 6.45) is 2.02. The highest BCUT2D eigenvalue weighted by molar-refractivity contribution is 9.10. The average Bonchev–Trinajstić information content (AvgIpc) is 3.08. The number of halogens is 1. The van der Waals surface area contributed by atoms with Crippen molar-refractivity contribution in [3.63, 3.8) is 0 Å². The van der Waals surface area contributed by atoms with Crippen LogP contribution in [0.15, 0.2) is 53.0 Å². The second kappa shape index (κ2) is 9.69. The molecular weight excluding hydrogens is 432 g/mol. The van der Waals surface area contributed by atoms with Crippen LogP contribution < -0.4 is 5.32 Å².